The molecule has 3 rings (SSSR count). The maximum absolute atomic E-state index is 12.5. The number of carbonyl (C=O) groups excluding carboxylic acids is 1. The Morgan fingerprint density at radius 3 is 2.42 bits per heavy atom. The van der Waals surface area contributed by atoms with Crippen LogP contribution >= 0.6 is 23.2 Å². The molecule has 2 N–H and O–H groups in total. The third-order valence-electron chi connectivity index (χ3n) is 4.67. The first-order valence-corrected chi connectivity index (χ1v) is 9.47. The molecule has 1 saturated heterocycles. The van der Waals surface area contributed by atoms with E-state index in [0.29, 0.717) is 22.0 Å². The van der Waals surface area contributed by atoms with Gasteiger partial charge in [-0.2, -0.15) is 0 Å². The van der Waals surface area contributed by atoms with Gasteiger partial charge in [0, 0.05) is 27.6 Å². The summed E-state index contributed by atoms with van der Waals surface area (Å²) >= 11 is 12.1. The van der Waals surface area contributed by atoms with Crippen molar-refractivity contribution in [2.24, 2.45) is 5.92 Å². The first kappa shape index (κ1) is 19.0. The maximum Gasteiger partial charge on any atom is 0.162 e. The Morgan fingerprint density at radius 1 is 1.08 bits per heavy atom. The van der Waals surface area contributed by atoms with E-state index in [2.05, 4.69) is 5.32 Å². The summed E-state index contributed by atoms with van der Waals surface area (Å²) in [6, 6.07) is 12.8. The zero-order valence-electron chi connectivity index (χ0n) is 14.3. The molecule has 1 aliphatic rings. The summed E-state index contributed by atoms with van der Waals surface area (Å²) in [7, 11) is 0. The van der Waals surface area contributed by atoms with Gasteiger partial charge in [0.25, 0.3) is 0 Å². The number of ketones is 1. The number of piperidine rings is 1. The Morgan fingerprint density at radius 2 is 1.73 bits per heavy atom. The van der Waals surface area contributed by atoms with Crippen LogP contribution < -0.4 is 5.32 Å². The van der Waals surface area contributed by atoms with Gasteiger partial charge in [0.15, 0.2) is 5.78 Å². The van der Waals surface area contributed by atoms with Gasteiger partial charge in [-0.3, -0.25) is 4.79 Å². The molecule has 0 bridgehead atoms. The van der Waals surface area contributed by atoms with Gasteiger partial charge in [-0.15, -0.1) is 0 Å². The van der Waals surface area contributed by atoms with Crippen molar-refractivity contribution in [3.63, 3.8) is 0 Å². The minimum atomic E-state index is -0.0228. The van der Waals surface area contributed by atoms with Crippen molar-refractivity contribution in [3.05, 3.63) is 75.3 Å². The van der Waals surface area contributed by atoms with Crippen LogP contribution in [0.15, 0.2) is 48.5 Å². The number of benzene rings is 2. The first-order chi connectivity index (χ1) is 12.5. The second-order valence-corrected chi connectivity index (χ2v) is 7.43. The van der Waals surface area contributed by atoms with E-state index in [0.717, 1.165) is 37.1 Å². The Labute approximate surface area is 163 Å². The summed E-state index contributed by atoms with van der Waals surface area (Å²) in [5, 5.41) is 15.1. The van der Waals surface area contributed by atoms with Crippen molar-refractivity contribution in [2.75, 3.05) is 13.1 Å². The zero-order valence-corrected chi connectivity index (χ0v) is 15.9. The largest absolute Gasteiger partial charge is 0.507 e. The van der Waals surface area contributed by atoms with E-state index in [1.54, 1.807) is 12.1 Å². The number of hydrogen-bond donors (Lipinski definition) is 2. The third kappa shape index (κ3) is 4.88. The zero-order chi connectivity index (χ0) is 18.5. The van der Waals surface area contributed by atoms with E-state index in [9.17, 15) is 9.90 Å². The van der Waals surface area contributed by atoms with E-state index >= 15 is 0 Å². The monoisotopic (exact) mass is 389 g/mol. The molecule has 0 aromatic heterocycles. The molecule has 0 atom stereocenters. The number of allylic oxidation sites excluding steroid dienone is 1. The molecule has 1 fully saturated rings. The average molecular weight is 390 g/mol. The number of rotatable bonds is 5. The van der Waals surface area contributed by atoms with Crippen molar-refractivity contribution in [1.29, 1.82) is 0 Å². The van der Waals surface area contributed by atoms with Crippen molar-refractivity contribution in [1.82, 2.24) is 5.32 Å². The molecule has 0 saturated carbocycles. The number of hydrogen-bond acceptors (Lipinski definition) is 3. The molecule has 0 spiro atoms. The quantitative estimate of drug-likeness (QED) is 0.555. The second kappa shape index (κ2) is 8.72. The van der Waals surface area contributed by atoms with Crippen LogP contribution in [-0.4, -0.2) is 24.0 Å². The van der Waals surface area contributed by atoms with E-state index < -0.39 is 0 Å². The van der Waals surface area contributed by atoms with Gasteiger partial charge < -0.3 is 10.4 Å². The average Bonchev–Trinajstić information content (AvgIpc) is 2.64. The Bertz CT molecular complexity index is 809. The third-order valence-corrected chi connectivity index (χ3v) is 5.16. The SMILES string of the molecule is O=C(/C=C(\O)c1ccc(Cl)cc1Cc1ccc(Cl)cc1)C1CCNCC1. The van der Waals surface area contributed by atoms with Crippen molar-refractivity contribution < 1.29 is 9.90 Å². The number of carbonyl (C=O) groups is 1. The highest BCUT2D eigenvalue weighted by Crippen LogP contribution is 2.25. The lowest BCUT2D eigenvalue weighted by Crippen LogP contribution is -2.31. The molecule has 136 valence electrons. The molecule has 1 aliphatic heterocycles. The van der Waals surface area contributed by atoms with E-state index in [4.69, 9.17) is 23.2 Å². The summed E-state index contributed by atoms with van der Waals surface area (Å²) in [5.41, 5.74) is 2.55. The van der Waals surface area contributed by atoms with Crippen molar-refractivity contribution >= 4 is 34.7 Å². The fourth-order valence-corrected chi connectivity index (χ4v) is 3.54. The lowest BCUT2D eigenvalue weighted by atomic mass is 9.92. The molecule has 2 aromatic carbocycles. The van der Waals surface area contributed by atoms with Crippen LogP contribution in [0.1, 0.15) is 29.5 Å². The highest BCUT2D eigenvalue weighted by Gasteiger charge is 2.20. The van der Waals surface area contributed by atoms with E-state index in [1.807, 2.05) is 30.3 Å². The Balaban J connectivity index is 1.85. The summed E-state index contributed by atoms with van der Waals surface area (Å²) in [6.45, 7) is 1.68. The van der Waals surface area contributed by atoms with Crippen molar-refractivity contribution in [3.8, 4) is 0 Å². The van der Waals surface area contributed by atoms with Gasteiger partial charge in [0.1, 0.15) is 5.76 Å². The molecule has 0 radical (unpaired) electrons. The second-order valence-electron chi connectivity index (χ2n) is 6.56. The molecular weight excluding hydrogens is 369 g/mol. The molecule has 26 heavy (non-hydrogen) atoms. The van der Waals surface area contributed by atoms with Crippen LogP contribution in [0, 0.1) is 5.92 Å². The Hall–Kier alpha value is -1.81. The van der Waals surface area contributed by atoms with Gasteiger partial charge in [-0.1, -0.05) is 35.3 Å². The standard InChI is InChI=1S/C21H21Cl2NO2/c22-17-3-1-14(2-4-17)11-16-12-18(23)5-6-19(16)21(26)13-20(25)15-7-9-24-10-8-15/h1-6,12-13,15,24,26H,7-11H2/b21-13-. The normalized spacial score (nSPS) is 15.8. The molecular formula is C21H21Cl2NO2. The topological polar surface area (TPSA) is 49.3 Å². The maximum atomic E-state index is 12.5. The highest BCUT2D eigenvalue weighted by atomic mass is 35.5. The van der Waals surface area contributed by atoms with Crippen LogP contribution in [0.4, 0.5) is 0 Å². The molecule has 1 heterocycles. The van der Waals surface area contributed by atoms with Crippen LogP contribution in [0.3, 0.4) is 0 Å². The number of halogens is 2. The summed E-state index contributed by atoms with van der Waals surface area (Å²) in [4.78, 5) is 12.5. The predicted octanol–water partition coefficient (Wildman–Crippen LogP) is 5.05. The molecule has 3 nitrogen and oxygen atoms in total. The summed E-state index contributed by atoms with van der Waals surface area (Å²) in [6.07, 6.45) is 3.57. The van der Waals surface area contributed by atoms with Gasteiger partial charge in [0.05, 0.1) is 0 Å². The minimum Gasteiger partial charge on any atom is -0.507 e. The smallest absolute Gasteiger partial charge is 0.162 e. The first-order valence-electron chi connectivity index (χ1n) is 8.71. The molecule has 0 amide bonds. The summed E-state index contributed by atoms with van der Waals surface area (Å²) in [5.74, 6) is -0.0454. The summed E-state index contributed by atoms with van der Waals surface area (Å²) < 4.78 is 0. The molecule has 2 aromatic rings. The van der Waals surface area contributed by atoms with Crippen LogP contribution in [-0.2, 0) is 11.2 Å². The fraction of sp³-hybridized carbons (Fsp3) is 0.286. The van der Waals surface area contributed by atoms with Gasteiger partial charge >= 0.3 is 0 Å². The fourth-order valence-electron chi connectivity index (χ4n) is 3.22. The van der Waals surface area contributed by atoms with Gasteiger partial charge in [0.2, 0.25) is 0 Å². The Kier molecular flexibility index (Phi) is 6.36. The van der Waals surface area contributed by atoms with Crippen LogP contribution in [0.2, 0.25) is 10.0 Å². The van der Waals surface area contributed by atoms with Crippen LogP contribution in [0.5, 0.6) is 0 Å². The van der Waals surface area contributed by atoms with Gasteiger partial charge in [-0.25, -0.2) is 0 Å². The van der Waals surface area contributed by atoms with Crippen molar-refractivity contribution in [2.45, 2.75) is 19.3 Å². The lowest BCUT2D eigenvalue weighted by molar-refractivity contribution is -0.118. The van der Waals surface area contributed by atoms with Gasteiger partial charge in [-0.05, 0) is 73.8 Å². The predicted molar refractivity (Wildman–Crippen MR) is 107 cm³/mol. The van der Waals surface area contributed by atoms with E-state index in [-0.39, 0.29) is 17.5 Å². The highest BCUT2D eigenvalue weighted by molar-refractivity contribution is 6.31. The molecule has 5 heteroatoms. The molecule has 0 aliphatic carbocycles. The van der Waals surface area contributed by atoms with E-state index in [1.165, 1.54) is 6.08 Å². The number of nitrogens with one attached hydrogen (secondary N) is 1. The number of aliphatic hydroxyl groups is 1. The lowest BCUT2D eigenvalue weighted by Gasteiger charge is -2.20. The molecule has 0 unspecified atom stereocenters. The number of aliphatic hydroxyl groups excluding tert-OH is 1. The minimum absolute atomic E-state index is 0.00540. The van der Waals surface area contributed by atoms with Crippen LogP contribution in [0.25, 0.3) is 5.76 Å².